The zero-order valence-corrected chi connectivity index (χ0v) is 10.8. The Morgan fingerprint density at radius 2 is 2.32 bits per heavy atom. The van der Waals surface area contributed by atoms with Crippen LogP contribution >= 0.6 is 0 Å². The third kappa shape index (κ3) is 2.10. The summed E-state index contributed by atoms with van der Waals surface area (Å²) in [5.74, 6) is 1.14. The van der Waals surface area contributed by atoms with Crippen LogP contribution in [0.2, 0.25) is 0 Å². The maximum atomic E-state index is 14.0. The number of nitrogens with zero attached hydrogens (tertiary/aromatic N) is 2. The van der Waals surface area contributed by atoms with Gasteiger partial charge < -0.3 is 15.0 Å². The topological polar surface area (TPSA) is 53.1 Å². The molecule has 1 atom stereocenters. The van der Waals surface area contributed by atoms with Gasteiger partial charge in [-0.1, -0.05) is 6.07 Å². The lowest BCUT2D eigenvalue weighted by molar-refractivity contribution is 0.413. The van der Waals surface area contributed by atoms with Crippen LogP contribution in [0, 0.1) is 5.82 Å². The average molecular weight is 261 g/mol. The van der Waals surface area contributed by atoms with Gasteiger partial charge in [0.15, 0.2) is 0 Å². The molecule has 3 rings (SSSR count). The molecule has 1 unspecified atom stereocenters. The molecule has 0 amide bonds. The minimum atomic E-state index is -0.320. The van der Waals surface area contributed by atoms with E-state index in [1.807, 2.05) is 10.8 Å². The fraction of sp³-hybridized carbons (Fsp3) is 0.357. The molecule has 4 nitrogen and oxygen atoms in total. The van der Waals surface area contributed by atoms with E-state index >= 15 is 0 Å². The fourth-order valence-electron chi connectivity index (χ4n) is 2.51. The smallest absolute Gasteiger partial charge is 0.136 e. The molecule has 0 bridgehead atoms. The van der Waals surface area contributed by atoms with Crippen molar-refractivity contribution in [3.63, 3.8) is 0 Å². The number of imidazole rings is 1. The van der Waals surface area contributed by atoms with E-state index in [1.165, 1.54) is 13.2 Å². The van der Waals surface area contributed by atoms with Gasteiger partial charge in [0.2, 0.25) is 0 Å². The molecule has 1 aliphatic heterocycles. The van der Waals surface area contributed by atoms with E-state index in [2.05, 4.69) is 4.98 Å². The summed E-state index contributed by atoms with van der Waals surface area (Å²) >= 11 is 0. The summed E-state index contributed by atoms with van der Waals surface area (Å²) in [5, 5.41) is 0. The maximum Gasteiger partial charge on any atom is 0.136 e. The Hall–Kier alpha value is -1.88. The van der Waals surface area contributed by atoms with Crippen molar-refractivity contribution in [2.45, 2.75) is 25.4 Å². The number of ether oxygens (including phenoxy) is 1. The normalized spacial score (nSPS) is 18.2. The predicted molar refractivity (Wildman–Crippen MR) is 70.5 cm³/mol. The van der Waals surface area contributed by atoms with E-state index < -0.39 is 0 Å². The number of methoxy groups -OCH3 is 1. The van der Waals surface area contributed by atoms with Crippen molar-refractivity contribution in [3.05, 3.63) is 36.0 Å². The highest BCUT2D eigenvalue weighted by atomic mass is 19.1. The second-order valence-corrected chi connectivity index (χ2v) is 4.81. The highest BCUT2D eigenvalue weighted by molar-refractivity contribution is 5.67. The summed E-state index contributed by atoms with van der Waals surface area (Å²) in [6, 6.07) is 4.94. The minimum Gasteiger partial charge on any atom is -0.496 e. The molecule has 2 aromatic rings. The Morgan fingerprint density at radius 1 is 1.47 bits per heavy atom. The third-order valence-electron chi connectivity index (χ3n) is 3.48. The van der Waals surface area contributed by atoms with E-state index in [0.717, 1.165) is 25.2 Å². The van der Waals surface area contributed by atoms with Crippen molar-refractivity contribution in [1.82, 2.24) is 9.55 Å². The number of rotatable bonds is 2. The molecule has 19 heavy (non-hydrogen) atoms. The summed E-state index contributed by atoms with van der Waals surface area (Å²) in [5.41, 5.74) is 6.96. The standard InChI is InChI=1S/C14H16FN3O/c1-19-12-4-2-3-10(15)14(12)11-8-18-7-9(16)5-6-13(18)17-11/h2-4,8-9H,5-7,16H2,1H3. The van der Waals surface area contributed by atoms with Crippen molar-refractivity contribution in [1.29, 1.82) is 0 Å². The summed E-state index contributed by atoms with van der Waals surface area (Å²) in [7, 11) is 1.53. The molecule has 0 saturated heterocycles. The second-order valence-electron chi connectivity index (χ2n) is 4.81. The quantitative estimate of drug-likeness (QED) is 0.899. The van der Waals surface area contributed by atoms with Crippen molar-refractivity contribution < 1.29 is 9.13 Å². The summed E-state index contributed by atoms with van der Waals surface area (Å²) in [6.45, 7) is 0.735. The first-order chi connectivity index (χ1) is 9.19. The number of hydrogen-bond acceptors (Lipinski definition) is 3. The van der Waals surface area contributed by atoms with Gasteiger partial charge in [0.25, 0.3) is 0 Å². The van der Waals surface area contributed by atoms with E-state index in [0.29, 0.717) is 17.0 Å². The Kier molecular flexibility index (Phi) is 2.98. The molecule has 0 radical (unpaired) electrons. The number of nitrogens with two attached hydrogens (primary N) is 1. The fourth-order valence-corrected chi connectivity index (χ4v) is 2.51. The molecule has 5 heteroatoms. The van der Waals surface area contributed by atoms with Crippen LogP contribution in [0.4, 0.5) is 4.39 Å². The molecule has 2 heterocycles. The summed E-state index contributed by atoms with van der Waals surface area (Å²) < 4.78 is 21.2. The number of aryl methyl sites for hydroxylation is 1. The van der Waals surface area contributed by atoms with Gasteiger partial charge in [0, 0.05) is 25.2 Å². The molecule has 2 N–H and O–H groups in total. The Morgan fingerprint density at radius 3 is 3.11 bits per heavy atom. The minimum absolute atomic E-state index is 0.150. The summed E-state index contributed by atoms with van der Waals surface area (Å²) in [4.78, 5) is 4.51. The molecule has 0 spiro atoms. The van der Waals surface area contributed by atoms with E-state index in [4.69, 9.17) is 10.5 Å². The van der Waals surface area contributed by atoms with Crippen molar-refractivity contribution >= 4 is 0 Å². The largest absolute Gasteiger partial charge is 0.496 e. The highest BCUT2D eigenvalue weighted by Gasteiger charge is 2.21. The molecule has 1 aliphatic rings. The highest BCUT2D eigenvalue weighted by Crippen LogP contribution is 2.32. The van der Waals surface area contributed by atoms with Gasteiger partial charge >= 0.3 is 0 Å². The summed E-state index contributed by atoms with van der Waals surface area (Å²) in [6.07, 6.45) is 3.61. The van der Waals surface area contributed by atoms with Gasteiger partial charge in [-0.3, -0.25) is 0 Å². The van der Waals surface area contributed by atoms with Crippen LogP contribution in [0.1, 0.15) is 12.2 Å². The van der Waals surface area contributed by atoms with Crippen LogP contribution in [0.15, 0.2) is 24.4 Å². The Labute approximate surface area is 111 Å². The van der Waals surface area contributed by atoms with Gasteiger partial charge in [-0.05, 0) is 18.6 Å². The van der Waals surface area contributed by atoms with E-state index in [-0.39, 0.29) is 11.9 Å². The Bertz CT molecular complexity index is 609. The van der Waals surface area contributed by atoms with Crippen LogP contribution in [-0.4, -0.2) is 22.7 Å². The number of hydrogen-bond donors (Lipinski definition) is 1. The van der Waals surface area contributed by atoms with Crippen LogP contribution < -0.4 is 10.5 Å². The van der Waals surface area contributed by atoms with Crippen LogP contribution in [-0.2, 0) is 13.0 Å². The van der Waals surface area contributed by atoms with Gasteiger partial charge in [-0.25, -0.2) is 9.37 Å². The number of aromatic nitrogens is 2. The average Bonchev–Trinajstić information content (AvgIpc) is 2.80. The first-order valence-corrected chi connectivity index (χ1v) is 6.33. The van der Waals surface area contributed by atoms with Crippen LogP contribution in [0.3, 0.4) is 0 Å². The van der Waals surface area contributed by atoms with Gasteiger partial charge in [-0.2, -0.15) is 0 Å². The lowest BCUT2D eigenvalue weighted by Crippen LogP contribution is -2.31. The van der Waals surface area contributed by atoms with Crippen LogP contribution in [0.5, 0.6) is 5.75 Å². The lowest BCUT2D eigenvalue weighted by atomic mass is 10.1. The van der Waals surface area contributed by atoms with Crippen molar-refractivity contribution in [2.75, 3.05) is 7.11 Å². The molecule has 0 saturated carbocycles. The monoisotopic (exact) mass is 261 g/mol. The molecular weight excluding hydrogens is 245 g/mol. The zero-order valence-electron chi connectivity index (χ0n) is 10.8. The van der Waals surface area contributed by atoms with Gasteiger partial charge in [0.1, 0.15) is 17.4 Å². The maximum absolute atomic E-state index is 14.0. The molecular formula is C14H16FN3O. The predicted octanol–water partition coefficient (Wildman–Crippen LogP) is 1.97. The molecule has 100 valence electrons. The SMILES string of the molecule is COc1cccc(F)c1-c1cn2c(n1)CCC(N)C2. The van der Waals surface area contributed by atoms with Crippen molar-refractivity contribution in [3.8, 4) is 17.0 Å². The molecule has 0 aliphatic carbocycles. The molecule has 0 fully saturated rings. The lowest BCUT2D eigenvalue weighted by Gasteiger charge is -2.19. The van der Waals surface area contributed by atoms with Crippen molar-refractivity contribution in [2.24, 2.45) is 5.73 Å². The number of benzene rings is 1. The molecule has 1 aromatic carbocycles. The van der Waals surface area contributed by atoms with E-state index in [1.54, 1.807) is 12.1 Å². The third-order valence-corrected chi connectivity index (χ3v) is 3.48. The zero-order chi connectivity index (χ0) is 13.4. The Balaban J connectivity index is 2.08. The number of fused-ring (bicyclic) bond motifs is 1. The first kappa shape index (κ1) is 12.2. The van der Waals surface area contributed by atoms with Crippen LogP contribution in [0.25, 0.3) is 11.3 Å². The van der Waals surface area contributed by atoms with E-state index in [9.17, 15) is 4.39 Å². The second kappa shape index (κ2) is 4.66. The first-order valence-electron chi connectivity index (χ1n) is 6.33. The van der Waals surface area contributed by atoms with Gasteiger partial charge in [0.05, 0.1) is 18.4 Å². The number of halogens is 1. The van der Waals surface area contributed by atoms with Gasteiger partial charge in [-0.15, -0.1) is 0 Å². The molecule has 1 aromatic heterocycles.